The first-order valence-corrected chi connectivity index (χ1v) is 9.25. The molecule has 1 atom stereocenters. The zero-order chi connectivity index (χ0) is 20.2. The van der Waals surface area contributed by atoms with Crippen LogP contribution in [-0.4, -0.2) is 29.5 Å². The highest BCUT2D eigenvalue weighted by Crippen LogP contribution is 2.23. The molecule has 1 unspecified atom stereocenters. The number of nitrogens with zero attached hydrogens (tertiary/aromatic N) is 2. The van der Waals surface area contributed by atoms with Gasteiger partial charge in [-0.25, -0.2) is 13.6 Å². The molecule has 1 aliphatic heterocycles. The summed E-state index contributed by atoms with van der Waals surface area (Å²) in [5.74, 6) is -1.63. The van der Waals surface area contributed by atoms with Crippen molar-refractivity contribution in [3.8, 4) is 23.3 Å². The first-order chi connectivity index (χ1) is 14.1. The third kappa shape index (κ3) is 5.17. The molecule has 1 saturated heterocycles. The smallest absolute Gasteiger partial charge is 0.444 e. The van der Waals surface area contributed by atoms with Gasteiger partial charge in [-0.05, 0) is 55.8 Å². The maximum absolute atomic E-state index is 13.7. The number of halogens is 3. The summed E-state index contributed by atoms with van der Waals surface area (Å²) in [6.07, 6.45) is 1.83. The van der Waals surface area contributed by atoms with E-state index in [0.29, 0.717) is 30.0 Å². The predicted molar refractivity (Wildman–Crippen MR) is 107 cm³/mol. The van der Waals surface area contributed by atoms with Crippen LogP contribution in [0.2, 0.25) is 0 Å². The van der Waals surface area contributed by atoms with Crippen LogP contribution in [-0.2, 0) is 0 Å². The standard InChI is InChI=1S/C20H19F2N3O4.ClH/c21-14-3-8-18(17(22)10-14)28-19-24-25(20(26)29-19)15-4-6-16(7-5-15)27-12-13-2-1-9-23-11-13;/h3-8,10,13,23H,1-2,9,11-12H2;1H. The van der Waals surface area contributed by atoms with E-state index in [1.165, 1.54) is 0 Å². The van der Waals surface area contributed by atoms with E-state index in [1.54, 1.807) is 24.3 Å². The molecule has 4 rings (SSSR count). The van der Waals surface area contributed by atoms with Crippen LogP contribution in [0.25, 0.3) is 5.69 Å². The number of nitrogens with one attached hydrogen (secondary N) is 1. The number of hydrogen-bond donors (Lipinski definition) is 1. The van der Waals surface area contributed by atoms with Crippen molar-refractivity contribution >= 4 is 12.4 Å². The van der Waals surface area contributed by atoms with Crippen LogP contribution in [0.4, 0.5) is 8.78 Å². The molecule has 3 aromatic rings. The molecule has 1 fully saturated rings. The molecule has 0 bridgehead atoms. The van der Waals surface area contributed by atoms with Crippen molar-refractivity contribution in [2.45, 2.75) is 12.8 Å². The van der Waals surface area contributed by atoms with Gasteiger partial charge in [-0.3, -0.25) is 0 Å². The van der Waals surface area contributed by atoms with E-state index in [0.717, 1.165) is 42.7 Å². The van der Waals surface area contributed by atoms with Crippen LogP contribution < -0.4 is 20.5 Å². The molecule has 7 nitrogen and oxygen atoms in total. The topological polar surface area (TPSA) is 78.5 Å². The van der Waals surface area contributed by atoms with Gasteiger partial charge in [0, 0.05) is 18.5 Å². The molecule has 2 aromatic carbocycles. The molecule has 1 aromatic heterocycles. The molecule has 0 amide bonds. The Kier molecular flexibility index (Phi) is 7.07. The van der Waals surface area contributed by atoms with Crippen LogP contribution in [0.1, 0.15) is 12.8 Å². The largest absolute Gasteiger partial charge is 0.493 e. The van der Waals surface area contributed by atoms with Crippen molar-refractivity contribution < 1.29 is 22.7 Å². The number of aromatic nitrogens is 2. The first-order valence-electron chi connectivity index (χ1n) is 9.25. The van der Waals surface area contributed by atoms with Gasteiger partial charge in [0.1, 0.15) is 11.6 Å². The van der Waals surface area contributed by atoms with Crippen LogP contribution in [0, 0.1) is 17.6 Å². The fourth-order valence-electron chi connectivity index (χ4n) is 3.08. The van der Waals surface area contributed by atoms with Crippen molar-refractivity contribution in [3.63, 3.8) is 0 Å². The second-order valence-electron chi connectivity index (χ2n) is 6.74. The number of ether oxygens (including phenoxy) is 2. The molecule has 1 N–H and O–H groups in total. The Balaban J connectivity index is 0.00000256. The van der Waals surface area contributed by atoms with Gasteiger partial charge >= 0.3 is 11.8 Å². The average molecular weight is 440 g/mol. The SMILES string of the molecule is Cl.O=c1oc(Oc2ccc(F)cc2F)nn1-c1ccc(OCC2CCCNC2)cc1. The van der Waals surface area contributed by atoms with Gasteiger partial charge in [0.15, 0.2) is 11.6 Å². The van der Waals surface area contributed by atoms with Gasteiger partial charge in [0.25, 0.3) is 0 Å². The molecule has 10 heteroatoms. The van der Waals surface area contributed by atoms with Gasteiger partial charge in [-0.1, -0.05) is 5.10 Å². The summed E-state index contributed by atoms with van der Waals surface area (Å²) in [5.41, 5.74) is 0.430. The minimum atomic E-state index is -0.933. The molecule has 1 aliphatic rings. The summed E-state index contributed by atoms with van der Waals surface area (Å²) < 4.78 is 43.4. The summed E-state index contributed by atoms with van der Waals surface area (Å²) in [7, 11) is 0. The summed E-state index contributed by atoms with van der Waals surface area (Å²) in [6.45, 7) is 2.62. The van der Waals surface area contributed by atoms with Crippen molar-refractivity contribution in [3.05, 3.63) is 64.6 Å². The highest BCUT2D eigenvalue weighted by Gasteiger charge is 2.16. The number of piperidine rings is 1. The van der Waals surface area contributed by atoms with Crippen molar-refractivity contribution in [1.82, 2.24) is 15.1 Å². The number of rotatable bonds is 6. The maximum Gasteiger partial charge on any atom is 0.444 e. The van der Waals surface area contributed by atoms with Crippen LogP contribution in [0.3, 0.4) is 0 Å². The predicted octanol–water partition coefficient (Wildman–Crippen LogP) is 3.70. The van der Waals surface area contributed by atoms with E-state index in [9.17, 15) is 13.6 Å². The van der Waals surface area contributed by atoms with E-state index in [4.69, 9.17) is 13.9 Å². The Hall–Kier alpha value is -2.91. The summed E-state index contributed by atoms with van der Waals surface area (Å²) >= 11 is 0. The van der Waals surface area contributed by atoms with Crippen LogP contribution >= 0.6 is 12.4 Å². The van der Waals surface area contributed by atoms with Crippen molar-refractivity contribution in [1.29, 1.82) is 0 Å². The Morgan fingerprint density at radius 3 is 2.70 bits per heavy atom. The molecule has 0 saturated carbocycles. The second kappa shape index (κ2) is 9.73. The lowest BCUT2D eigenvalue weighted by molar-refractivity contribution is 0.218. The lowest BCUT2D eigenvalue weighted by Gasteiger charge is -2.22. The minimum absolute atomic E-state index is 0. The van der Waals surface area contributed by atoms with Gasteiger partial charge in [-0.2, -0.15) is 4.68 Å². The molecule has 0 spiro atoms. The summed E-state index contributed by atoms with van der Waals surface area (Å²) in [4.78, 5) is 12.0. The van der Waals surface area contributed by atoms with Crippen molar-refractivity contribution in [2.24, 2.45) is 5.92 Å². The monoisotopic (exact) mass is 439 g/mol. The Morgan fingerprint density at radius 2 is 2.00 bits per heavy atom. The fourth-order valence-corrected chi connectivity index (χ4v) is 3.08. The molecular formula is C20H20ClF2N3O4. The van der Waals surface area contributed by atoms with Gasteiger partial charge in [-0.15, -0.1) is 12.4 Å². The van der Waals surface area contributed by atoms with Crippen LogP contribution in [0.5, 0.6) is 17.6 Å². The zero-order valence-electron chi connectivity index (χ0n) is 15.8. The summed E-state index contributed by atoms with van der Waals surface area (Å²) in [6, 6.07) is 9.53. The lowest BCUT2D eigenvalue weighted by Crippen LogP contribution is -2.33. The van der Waals surface area contributed by atoms with Crippen LogP contribution in [0.15, 0.2) is 51.7 Å². The van der Waals surface area contributed by atoms with Crippen molar-refractivity contribution in [2.75, 3.05) is 19.7 Å². The Morgan fingerprint density at radius 1 is 1.20 bits per heavy atom. The highest BCUT2D eigenvalue weighted by atomic mass is 35.5. The maximum atomic E-state index is 13.7. The van der Waals surface area contributed by atoms with Gasteiger partial charge < -0.3 is 19.2 Å². The zero-order valence-corrected chi connectivity index (χ0v) is 16.7. The third-order valence-corrected chi connectivity index (χ3v) is 4.59. The third-order valence-electron chi connectivity index (χ3n) is 4.59. The first kappa shape index (κ1) is 21.8. The molecule has 0 aliphatic carbocycles. The minimum Gasteiger partial charge on any atom is -0.493 e. The quantitative estimate of drug-likeness (QED) is 0.631. The molecule has 0 radical (unpaired) electrons. The average Bonchev–Trinajstić information content (AvgIpc) is 3.10. The molecule has 160 valence electrons. The lowest BCUT2D eigenvalue weighted by atomic mass is 10.0. The normalized spacial score (nSPS) is 16.0. The molecule has 2 heterocycles. The molecule has 30 heavy (non-hydrogen) atoms. The Labute approximate surface area is 177 Å². The fraction of sp³-hybridized carbons (Fsp3) is 0.300. The highest BCUT2D eigenvalue weighted by molar-refractivity contribution is 5.85. The van der Waals surface area contributed by atoms with Gasteiger partial charge in [0.2, 0.25) is 0 Å². The van der Waals surface area contributed by atoms with E-state index in [1.807, 2.05) is 0 Å². The molecular weight excluding hydrogens is 420 g/mol. The Bertz CT molecular complexity index is 1030. The number of benzene rings is 2. The van der Waals surface area contributed by atoms with E-state index < -0.39 is 23.5 Å². The van der Waals surface area contributed by atoms with E-state index in [2.05, 4.69) is 10.4 Å². The van der Waals surface area contributed by atoms with Gasteiger partial charge in [0.05, 0.1) is 12.3 Å². The summed E-state index contributed by atoms with van der Waals surface area (Å²) in [5, 5.41) is 7.24. The second-order valence-corrected chi connectivity index (χ2v) is 6.74. The van der Waals surface area contributed by atoms with E-state index in [-0.39, 0.29) is 18.2 Å². The number of hydrogen-bond acceptors (Lipinski definition) is 6. The van der Waals surface area contributed by atoms with E-state index >= 15 is 0 Å².